The molecule has 0 aromatic rings. The molecule has 0 heterocycles. The lowest BCUT2D eigenvalue weighted by atomic mass is 9.78. The molecule has 0 amide bonds. The number of aliphatic hydroxyl groups excluding tert-OH is 1. The summed E-state index contributed by atoms with van der Waals surface area (Å²) in [6.45, 7) is 4.43. The molecule has 1 rings (SSSR count). The van der Waals surface area contributed by atoms with Crippen LogP contribution < -0.4 is 0 Å². The van der Waals surface area contributed by atoms with Crippen molar-refractivity contribution in [1.29, 1.82) is 5.26 Å². The van der Waals surface area contributed by atoms with Gasteiger partial charge in [-0.2, -0.15) is 5.26 Å². The molecule has 2 nitrogen and oxygen atoms in total. The van der Waals surface area contributed by atoms with Crippen molar-refractivity contribution in [3.8, 4) is 6.07 Å². The van der Waals surface area contributed by atoms with Crippen LogP contribution in [-0.2, 0) is 0 Å². The van der Waals surface area contributed by atoms with Gasteiger partial charge >= 0.3 is 0 Å². The zero-order chi connectivity index (χ0) is 14.8. The molecule has 0 saturated heterocycles. The molecule has 0 aromatic carbocycles. The number of hydrogen-bond acceptors (Lipinski definition) is 2. The molecule has 1 N–H and O–H groups in total. The molecule has 1 aliphatic carbocycles. The third-order valence-electron chi connectivity index (χ3n) is 5.17. The first-order valence-corrected chi connectivity index (χ1v) is 8.77. The van der Waals surface area contributed by atoms with Crippen molar-refractivity contribution in [2.24, 2.45) is 11.3 Å². The zero-order valence-corrected chi connectivity index (χ0v) is 13.5. The van der Waals surface area contributed by atoms with Crippen molar-refractivity contribution in [2.45, 2.75) is 97.0 Å². The fraction of sp³-hybridized carbons (Fsp3) is 0.944. The van der Waals surface area contributed by atoms with Crippen LogP contribution in [0.5, 0.6) is 0 Å². The van der Waals surface area contributed by atoms with E-state index in [1.54, 1.807) is 0 Å². The van der Waals surface area contributed by atoms with Gasteiger partial charge in [0.1, 0.15) is 0 Å². The summed E-state index contributed by atoms with van der Waals surface area (Å²) < 4.78 is 0. The van der Waals surface area contributed by atoms with Gasteiger partial charge in [-0.1, -0.05) is 65.2 Å². The van der Waals surface area contributed by atoms with E-state index < -0.39 is 11.5 Å². The van der Waals surface area contributed by atoms with Crippen molar-refractivity contribution >= 4 is 0 Å². The smallest absolute Gasteiger partial charge is 0.0835 e. The Labute approximate surface area is 125 Å². The molecule has 3 unspecified atom stereocenters. The van der Waals surface area contributed by atoms with Crippen LogP contribution in [0.1, 0.15) is 90.9 Å². The minimum absolute atomic E-state index is 0.403. The second kappa shape index (κ2) is 9.40. The minimum atomic E-state index is -0.428. The van der Waals surface area contributed by atoms with E-state index in [9.17, 15) is 10.4 Å². The molecule has 20 heavy (non-hydrogen) atoms. The minimum Gasteiger partial charge on any atom is -0.391 e. The van der Waals surface area contributed by atoms with Gasteiger partial charge in [-0.15, -0.1) is 0 Å². The first-order chi connectivity index (χ1) is 9.68. The van der Waals surface area contributed by atoms with E-state index in [1.165, 1.54) is 38.5 Å². The summed E-state index contributed by atoms with van der Waals surface area (Å²) >= 11 is 0. The van der Waals surface area contributed by atoms with E-state index in [1.807, 2.05) is 0 Å². The van der Waals surface area contributed by atoms with Crippen molar-refractivity contribution in [2.75, 3.05) is 0 Å². The molecule has 1 fully saturated rings. The van der Waals surface area contributed by atoms with Gasteiger partial charge in [-0.3, -0.25) is 0 Å². The first kappa shape index (κ1) is 17.5. The van der Waals surface area contributed by atoms with Gasteiger partial charge in [0.25, 0.3) is 0 Å². The third kappa shape index (κ3) is 5.09. The summed E-state index contributed by atoms with van der Waals surface area (Å²) in [5, 5.41) is 19.9. The van der Waals surface area contributed by atoms with Crippen LogP contribution in [0.3, 0.4) is 0 Å². The molecule has 1 aliphatic rings. The van der Waals surface area contributed by atoms with Crippen molar-refractivity contribution < 1.29 is 5.11 Å². The average Bonchev–Trinajstić information content (AvgIpc) is 2.91. The number of hydrogen-bond donors (Lipinski definition) is 1. The Bertz CT molecular complexity index is 296. The van der Waals surface area contributed by atoms with Crippen LogP contribution in [0.15, 0.2) is 0 Å². The van der Waals surface area contributed by atoms with Gasteiger partial charge in [0.05, 0.1) is 17.6 Å². The maximum absolute atomic E-state index is 10.4. The normalized spacial score (nSPS) is 27.4. The monoisotopic (exact) mass is 279 g/mol. The summed E-state index contributed by atoms with van der Waals surface area (Å²) in [4.78, 5) is 0. The van der Waals surface area contributed by atoms with Gasteiger partial charge in [-0.25, -0.2) is 0 Å². The second-order valence-electron chi connectivity index (χ2n) is 6.71. The summed E-state index contributed by atoms with van der Waals surface area (Å²) in [6.07, 6.45) is 13.4. The predicted molar refractivity (Wildman–Crippen MR) is 84.3 cm³/mol. The number of nitriles is 1. The Balaban J connectivity index is 2.21. The molecule has 116 valence electrons. The Morgan fingerprint density at radius 2 is 1.80 bits per heavy atom. The number of nitrogens with zero attached hydrogens (tertiary/aromatic N) is 1. The van der Waals surface area contributed by atoms with Crippen molar-refractivity contribution in [3.05, 3.63) is 0 Å². The number of unbranched alkanes of at least 4 members (excludes halogenated alkanes) is 6. The van der Waals surface area contributed by atoms with Crippen LogP contribution in [0.2, 0.25) is 0 Å². The van der Waals surface area contributed by atoms with Crippen molar-refractivity contribution in [1.82, 2.24) is 0 Å². The highest BCUT2D eigenvalue weighted by Gasteiger charge is 2.44. The molecule has 0 bridgehead atoms. The van der Waals surface area contributed by atoms with E-state index in [4.69, 9.17) is 0 Å². The summed E-state index contributed by atoms with van der Waals surface area (Å²) in [5.41, 5.74) is -0.428. The molecular weight excluding hydrogens is 246 g/mol. The molecule has 0 spiro atoms. The molecule has 0 aromatic heterocycles. The fourth-order valence-electron chi connectivity index (χ4n) is 3.58. The zero-order valence-electron chi connectivity index (χ0n) is 13.5. The second-order valence-corrected chi connectivity index (χ2v) is 6.71. The summed E-state index contributed by atoms with van der Waals surface area (Å²) in [7, 11) is 0. The highest BCUT2D eigenvalue weighted by Crippen LogP contribution is 2.46. The number of aliphatic hydroxyl groups is 1. The third-order valence-corrected chi connectivity index (χ3v) is 5.17. The average molecular weight is 279 g/mol. The molecule has 1 saturated carbocycles. The van der Waals surface area contributed by atoms with Crippen molar-refractivity contribution in [3.63, 3.8) is 0 Å². The van der Waals surface area contributed by atoms with E-state index in [0.29, 0.717) is 5.92 Å². The Morgan fingerprint density at radius 1 is 1.15 bits per heavy atom. The number of rotatable bonds is 10. The SMILES string of the molecule is CCCCCCCCCC(O)C1(C#N)CCC(CC)C1. The Morgan fingerprint density at radius 3 is 2.35 bits per heavy atom. The van der Waals surface area contributed by atoms with E-state index >= 15 is 0 Å². The maximum atomic E-state index is 10.4. The largest absolute Gasteiger partial charge is 0.391 e. The summed E-state index contributed by atoms with van der Waals surface area (Å²) in [6, 6.07) is 2.46. The summed E-state index contributed by atoms with van der Waals surface area (Å²) in [5.74, 6) is 0.651. The van der Waals surface area contributed by atoms with E-state index in [-0.39, 0.29) is 0 Å². The van der Waals surface area contributed by atoms with Crippen LogP contribution in [0.25, 0.3) is 0 Å². The molecule has 0 radical (unpaired) electrons. The highest BCUT2D eigenvalue weighted by atomic mass is 16.3. The van der Waals surface area contributed by atoms with Gasteiger partial charge < -0.3 is 5.11 Å². The van der Waals surface area contributed by atoms with Gasteiger partial charge in [0.2, 0.25) is 0 Å². The van der Waals surface area contributed by atoms with Crippen LogP contribution >= 0.6 is 0 Å². The molecule has 3 atom stereocenters. The van der Waals surface area contributed by atoms with Crippen LogP contribution in [-0.4, -0.2) is 11.2 Å². The highest BCUT2D eigenvalue weighted by molar-refractivity contribution is 5.07. The fourth-order valence-corrected chi connectivity index (χ4v) is 3.58. The molecule has 0 aliphatic heterocycles. The van der Waals surface area contributed by atoms with Gasteiger partial charge in [0, 0.05) is 0 Å². The lowest BCUT2D eigenvalue weighted by Gasteiger charge is -2.27. The molecule has 2 heteroatoms. The quantitative estimate of drug-likeness (QED) is 0.558. The van der Waals surface area contributed by atoms with Gasteiger partial charge in [-0.05, 0) is 31.6 Å². The van der Waals surface area contributed by atoms with Crippen LogP contribution in [0.4, 0.5) is 0 Å². The Hall–Kier alpha value is -0.550. The topological polar surface area (TPSA) is 44.0 Å². The van der Waals surface area contributed by atoms with Gasteiger partial charge in [0.15, 0.2) is 0 Å². The van der Waals surface area contributed by atoms with Crippen LogP contribution in [0, 0.1) is 22.7 Å². The predicted octanol–water partition coefficient (Wildman–Crippen LogP) is 5.21. The maximum Gasteiger partial charge on any atom is 0.0835 e. The van der Waals surface area contributed by atoms with E-state index in [2.05, 4.69) is 19.9 Å². The Kier molecular flexibility index (Phi) is 8.22. The lowest BCUT2D eigenvalue weighted by Crippen LogP contribution is -2.31. The standard InChI is InChI=1S/C18H33NO/c1-3-5-6-7-8-9-10-11-17(20)18(15-19)13-12-16(4-2)14-18/h16-17,20H,3-14H2,1-2H3. The van der Waals surface area contributed by atoms with E-state index in [0.717, 1.165) is 38.5 Å². The molecular formula is C18H33NO. The first-order valence-electron chi connectivity index (χ1n) is 8.77. The lowest BCUT2D eigenvalue weighted by molar-refractivity contribution is 0.0548.